The molecule has 22 heavy (non-hydrogen) atoms. The summed E-state index contributed by atoms with van der Waals surface area (Å²) >= 11 is 0. The summed E-state index contributed by atoms with van der Waals surface area (Å²) in [4.78, 5) is 0. The number of benzene rings is 1. The van der Waals surface area contributed by atoms with Crippen LogP contribution in [0.4, 0.5) is 0 Å². The molecule has 0 saturated heterocycles. The fourth-order valence-corrected chi connectivity index (χ4v) is 3.83. The Morgan fingerprint density at radius 3 is 2.36 bits per heavy atom. The smallest absolute Gasteiger partial charge is 0.281 e. The molecule has 1 aliphatic rings. The molecule has 2 rings (SSSR count). The topological polar surface area (TPSA) is 70.1 Å². The molecule has 0 amide bonds. The molecule has 0 radical (unpaired) electrons. The van der Waals surface area contributed by atoms with Gasteiger partial charge in [-0.2, -0.15) is 17.0 Å². The van der Waals surface area contributed by atoms with Crippen molar-refractivity contribution in [3.8, 4) is 5.75 Å². The van der Waals surface area contributed by atoms with Crippen LogP contribution in [-0.4, -0.2) is 61.5 Å². The third-order valence-electron chi connectivity index (χ3n) is 4.09. The van der Waals surface area contributed by atoms with Crippen LogP contribution in [0.5, 0.6) is 5.75 Å². The Hall–Kier alpha value is -1.15. The molecular formula is C15H24N2O4S. The van der Waals surface area contributed by atoms with Gasteiger partial charge in [-0.3, -0.25) is 0 Å². The van der Waals surface area contributed by atoms with Crippen LogP contribution in [0.2, 0.25) is 0 Å². The van der Waals surface area contributed by atoms with Crippen molar-refractivity contribution in [1.82, 2.24) is 8.61 Å². The molecule has 1 N–H and O–H groups in total. The van der Waals surface area contributed by atoms with Gasteiger partial charge in [0.15, 0.2) is 0 Å². The summed E-state index contributed by atoms with van der Waals surface area (Å²) in [6.45, 7) is 0. The maximum atomic E-state index is 12.2. The van der Waals surface area contributed by atoms with Crippen LogP contribution in [-0.2, 0) is 10.2 Å². The van der Waals surface area contributed by atoms with Gasteiger partial charge in [0, 0.05) is 21.1 Å². The molecule has 1 saturated carbocycles. The van der Waals surface area contributed by atoms with Crippen molar-refractivity contribution in [3.05, 3.63) is 30.3 Å². The number of hydrogen-bond acceptors (Lipinski definition) is 4. The summed E-state index contributed by atoms with van der Waals surface area (Å²) in [6, 6.07) is 8.81. The van der Waals surface area contributed by atoms with E-state index in [0.29, 0.717) is 18.6 Å². The second kappa shape index (κ2) is 6.95. The third kappa shape index (κ3) is 3.60. The Bertz CT molecular complexity index is 576. The molecule has 1 aromatic rings. The highest BCUT2D eigenvalue weighted by Crippen LogP contribution is 2.28. The van der Waals surface area contributed by atoms with Crippen molar-refractivity contribution >= 4 is 10.2 Å². The van der Waals surface area contributed by atoms with Gasteiger partial charge < -0.3 is 9.84 Å². The van der Waals surface area contributed by atoms with Crippen LogP contribution < -0.4 is 4.74 Å². The Kier molecular flexibility index (Phi) is 5.44. The summed E-state index contributed by atoms with van der Waals surface area (Å²) in [6.07, 6.45) is 0.892. The third-order valence-corrected chi connectivity index (χ3v) is 6.01. The molecule has 0 bridgehead atoms. The number of aliphatic hydroxyl groups is 1. The molecule has 7 heteroatoms. The highest BCUT2D eigenvalue weighted by molar-refractivity contribution is 7.86. The van der Waals surface area contributed by atoms with Gasteiger partial charge in [-0.05, 0) is 31.4 Å². The lowest BCUT2D eigenvalue weighted by Crippen LogP contribution is -2.55. The van der Waals surface area contributed by atoms with Gasteiger partial charge in [-0.15, -0.1) is 0 Å². The van der Waals surface area contributed by atoms with Gasteiger partial charge >= 0.3 is 0 Å². The number of likely N-dealkylation sites (N-methyl/N-ethyl adjacent to an activating group) is 1. The van der Waals surface area contributed by atoms with E-state index in [-0.39, 0.29) is 0 Å². The highest BCUT2D eigenvalue weighted by atomic mass is 32.2. The number of ether oxygens (including phenoxy) is 1. The first-order valence-electron chi connectivity index (χ1n) is 7.39. The zero-order valence-electron chi connectivity index (χ0n) is 13.2. The predicted molar refractivity (Wildman–Crippen MR) is 84.9 cm³/mol. The minimum atomic E-state index is -3.55. The molecule has 1 fully saturated rings. The first-order chi connectivity index (χ1) is 10.3. The van der Waals surface area contributed by atoms with Crippen LogP contribution >= 0.6 is 0 Å². The number of rotatable bonds is 5. The largest absolute Gasteiger partial charge is 0.488 e. The van der Waals surface area contributed by atoms with Crippen LogP contribution in [0.3, 0.4) is 0 Å². The molecule has 1 aliphatic carbocycles. The minimum Gasteiger partial charge on any atom is -0.488 e. The molecule has 6 nitrogen and oxygen atoms in total. The van der Waals surface area contributed by atoms with Crippen LogP contribution in [0, 0.1) is 0 Å². The van der Waals surface area contributed by atoms with Crippen molar-refractivity contribution in [3.63, 3.8) is 0 Å². The Morgan fingerprint density at radius 2 is 1.77 bits per heavy atom. The van der Waals surface area contributed by atoms with Crippen molar-refractivity contribution < 1.29 is 18.3 Å². The van der Waals surface area contributed by atoms with Gasteiger partial charge in [-0.25, -0.2) is 0 Å². The monoisotopic (exact) mass is 328 g/mol. The van der Waals surface area contributed by atoms with E-state index in [1.54, 1.807) is 0 Å². The van der Waals surface area contributed by atoms with Gasteiger partial charge in [0.1, 0.15) is 18.0 Å². The average Bonchev–Trinajstić information content (AvgIpc) is 2.49. The Labute approximate surface area is 132 Å². The van der Waals surface area contributed by atoms with E-state index in [4.69, 9.17) is 4.74 Å². The molecule has 0 aromatic heterocycles. The second-order valence-corrected chi connectivity index (χ2v) is 7.97. The molecule has 0 spiro atoms. The molecular weight excluding hydrogens is 304 g/mol. The lowest BCUT2D eigenvalue weighted by Gasteiger charge is -2.39. The Morgan fingerprint density at radius 1 is 1.14 bits per heavy atom. The SMILES string of the molecule is CN(C)S(=O)(=O)N(C)[C@@H]1CCC[C@H](Oc2ccccc2)[C@H]1O. The van der Waals surface area contributed by atoms with Gasteiger partial charge in [-0.1, -0.05) is 18.2 Å². The fourth-order valence-electron chi connectivity index (χ4n) is 2.75. The number of nitrogens with zero attached hydrogens (tertiary/aromatic N) is 2. The van der Waals surface area contributed by atoms with Gasteiger partial charge in [0.05, 0.1) is 6.04 Å². The Balaban J connectivity index is 2.11. The molecule has 0 unspecified atom stereocenters. The van der Waals surface area contributed by atoms with E-state index < -0.39 is 28.5 Å². The standard InChI is InChI=1S/C15H24N2O4S/c1-16(2)22(19,20)17(3)13-10-7-11-14(15(13)18)21-12-8-5-4-6-9-12/h4-6,8-9,13-15,18H,7,10-11H2,1-3H3/t13-,14+,15+/m1/s1. The van der Waals surface area contributed by atoms with Crippen LogP contribution in [0.25, 0.3) is 0 Å². The maximum absolute atomic E-state index is 12.2. The molecule has 124 valence electrons. The quantitative estimate of drug-likeness (QED) is 0.878. The van der Waals surface area contributed by atoms with Crippen molar-refractivity contribution in [1.29, 1.82) is 0 Å². The molecule has 1 aromatic carbocycles. The van der Waals surface area contributed by atoms with Gasteiger partial charge in [0.25, 0.3) is 10.2 Å². The summed E-state index contributed by atoms with van der Waals surface area (Å²) < 4.78 is 32.7. The predicted octanol–water partition coefficient (Wildman–Crippen LogP) is 1.09. The van der Waals surface area contributed by atoms with Crippen LogP contribution in [0.1, 0.15) is 19.3 Å². The van der Waals surface area contributed by atoms with E-state index in [1.165, 1.54) is 25.4 Å². The number of para-hydroxylation sites is 1. The second-order valence-electron chi connectivity index (χ2n) is 5.76. The normalized spacial score (nSPS) is 26.4. The van der Waals surface area contributed by atoms with E-state index in [1.807, 2.05) is 30.3 Å². The van der Waals surface area contributed by atoms with Crippen molar-refractivity contribution in [2.24, 2.45) is 0 Å². The van der Waals surface area contributed by atoms with E-state index in [2.05, 4.69) is 0 Å². The first-order valence-corrected chi connectivity index (χ1v) is 8.79. The zero-order valence-corrected chi connectivity index (χ0v) is 14.0. The summed E-state index contributed by atoms with van der Waals surface area (Å²) in [5.41, 5.74) is 0. The number of hydrogen-bond donors (Lipinski definition) is 1. The lowest BCUT2D eigenvalue weighted by molar-refractivity contribution is -0.0311. The summed E-state index contributed by atoms with van der Waals surface area (Å²) in [5, 5.41) is 10.6. The molecule has 0 heterocycles. The van der Waals surface area contributed by atoms with E-state index in [9.17, 15) is 13.5 Å². The lowest BCUT2D eigenvalue weighted by atomic mass is 9.90. The maximum Gasteiger partial charge on any atom is 0.281 e. The van der Waals surface area contributed by atoms with Crippen molar-refractivity contribution in [2.45, 2.75) is 37.5 Å². The molecule has 0 aliphatic heterocycles. The van der Waals surface area contributed by atoms with E-state index >= 15 is 0 Å². The minimum absolute atomic E-state index is 0.402. The van der Waals surface area contributed by atoms with E-state index in [0.717, 1.165) is 10.7 Å². The highest BCUT2D eigenvalue weighted by Gasteiger charge is 2.40. The fraction of sp³-hybridized carbons (Fsp3) is 0.600. The zero-order chi connectivity index (χ0) is 16.3. The van der Waals surface area contributed by atoms with Gasteiger partial charge in [0.2, 0.25) is 0 Å². The average molecular weight is 328 g/mol. The summed E-state index contributed by atoms with van der Waals surface area (Å²) in [5.74, 6) is 0.685. The van der Waals surface area contributed by atoms with Crippen molar-refractivity contribution in [2.75, 3.05) is 21.1 Å². The summed E-state index contributed by atoms with van der Waals surface area (Å²) in [7, 11) is 0.924. The molecule has 3 atom stereocenters. The van der Waals surface area contributed by atoms with Crippen LogP contribution in [0.15, 0.2) is 30.3 Å². The number of aliphatic hydroxyl groups excluding tert-OH is 1. The first kappa shape index (κ1) is 17.2.